The number of aromatic nitrogens is 3. The normalized spacial score (nSPS) is 10.6. The topological polar surface area (TPSA) is 80.2 Å². The van der Waals surface area contributed by atoms with Crippen molar-refractivity contribution in [3.05, 3.63) is 84.3 Å². The molecule has 1 aromatic carbocycles. The van der Waals surface area contributed by atoms with Crippen molar-refractivity contribution in [2.45, 2.75) is 13.8 Å². The van der Waals surface area contributed by atoms with E-state index in [2.05, 4.69) is 15.3 Å². The number of hydrogen-bond donors (Lipinski definition) is 2. The molecule has 2 N–H and O–H groups in total. The molecule has 0 unspecified atom stereocenters. The number of aryl methyl sites for hydroxylation is 2. The molecule has 4 aromatic rings. The number of aromatic hydroxyl groups is 1. The molecule has 6 nitrogen and oxygen atoms in total. The summed E-state index contributed by atoms with van der Waals surface area (Å²) in [5.74, 6) is 2.03. The highest BCUT2D eigenvalue weighted by molar-refractivity contribution is 5.65. The Morgan fingerprint density at radius 1 is 0.897 bits per heavy atom. The number of benzene rings is 1. The highest BCUT2D eigenvalue weighted by Crippen LogP contribution is 2.33. The van der Waals surface area contributed by atoms with Crippen LogP contribution in [0.25, 0.3) is 11.4 Å². The van der Waals surface area contributed by atoms with Crippen LogP contribution in [0.1, 0.15) is 11.3 Å². The first-order chi connectivity index (χ1) is 14.1. The van der Waals surface area contributed by atoms with Crippen molar-refractivity contribution in [1.29, 1.82) is 0 Å². The summed E-state index contributed by atoms with van der Waals surface area (Å²) < 4.78 is 6.17. The minimum atomic E-state index is 0.184. The molecule has 0 radical (unpaired) electrons. The maximum Gasteiger partial charge on any atom is 0.155 e. The van der Waals surface area contributed by atoms with Gasteiger partial charge in [0.15, 0.2) is 5.75 Å². The fourth-order valence-corrected chi connectivity index (χ4v) is 2.85. The van der Waals surface area contributed by atoms with Crippen LogP contribution in [0.15, 0.2) is 73.1 Å². The van der Waals surface area contributed by atoms with Gasteiger partial charge in [0.1, 0.15) is 23.0 Å². The van der Waals surface area contributed by atoms with Gasteiger partial charge in [0.2, 0.25) is 0 Å². The van der Waals surface area contributed by atoms with Crippen LogP contribution in [0.3, 0.4) is 0 Å². The average molecular weight is 384 g/mol. The van der Waals surface area contributed by atoms with Gasteiger partial charge < -0.3 is 15.2 Å². The average Bonchev–Trinajstić information content (AvgIpc) is 2.71. The molecule has 0 amide bonds. The molecule has 29 heavy (non-hydrogen) atoms. The number of rotatable bonds is 5. The van der Waals surface area contributed by atoms with E-state index in [0.717, 1.165) is 22.6 Å². The molecule has 0 bridgehead atoms. The molecule has 0 atom stereocenters. The number of hydrogen-bond acceptors (Lipinski definition) is 6. The zero-order valence-corrected chi connectivity index (χ0v) is 16.1. The summed E-state index contributed by atoms with van der Waals surface area (Å²) in [5, 5.41) is 12.8. The van der Waals surface area contributed by atoms with Crippen molar-refractivity contribution in [1.82, 2.24) is 15.0 Å². The van der Waals surface area contributed by atoms with Gasteiger partial charge in [-0.05, 0) is 55.8 Å². The summed E-state index contributed by atoms with van der Waals surface area (Å²) in [6.07, 6.45) is 3.40. The lowest BCUT2D eigenvalue weighted by atomic mass is 10.1. The highest BCUT2D eigenvalue weighted by Gasteiger charge is 2.13. The molecule has 144 valence electrons. The van der Waals surface area contributed by atoms with Crippen LogP contribution in [0.4, 0.5) is 11.5 Å². The van der Waals surface area contributed by atoms with E-state index in [9.17, 15) is 5.11 Å². The molecule has 0 fully saturated rings. The number of nitrogens with one attached hydrogen (secondary N) is 1. The van der Waals surface area contributed by atoms with Gasteiger partial charge in [-0.1, -0.05) is 12.1 Å². The minimum absolute atomic E-state index is 0.184. The smallest absolute Gasteiger partial charge is 0.155 e. The predicted molar refractivity (Wildman–Crippen MR) is 113 cm³/mol. The van der Waals surface area contributed by atoms with Crippen molar-refractivity contribution < 1.29 is 9.84 Å². The maximum absolute atomic E-state index is 9.63. The summed E-state index contributed by atoms with van der Waals surface area (Å²) in [4.78, 5) is 13.4. The Labute approximate surface area is 168 Å². The Balaban J connectivity index is 1.65. The third kappa shape index (κ3) is 4.32. The van der Waals surface area contributed by atoms with Crippen molar-refractivity contribution in [3.8, 4) is 28.6 Å². The second-order valence-electron chi connectivity index (χ2n) is 6.61. The molecular weight excluding hydrogens is 364 g/mol. The van der Waals surface area contributed by atoms with Crippen molar-refractivity contribution in [2.24, 2.45) is 0 Å². The molecule has 0 aliphatic carbocycles. The molecule has 6 heteroatoms. The number of ether oxygens (including phenoxy) is 1. The van der Waals surface area contributed by atoms with Gasteiger partial charge in [0.05, 0.1) is 5.69 Å². The highest BCUT2D eigenvalue weighted by atomic mass is 16.5. The summed E-state index contributed by atoms with van der Waals surface area (Å²) in [6, 6.07) is 18.1. The predicted octanol–water partition coefficient (Wildman–Crippen LogP) is 5.40. The Morgan fingerprint density at radius 2 is 1.79 bits per heavy atom. The van der Waals surface area contributed by atoms with Gasteiger partial charge in [-0.25, -0.2) is 9.97 Å². The first-order valence-electron chi connectivity index (χ1n) is 9.18. The maximum atomic E-state index is 9.63. The second-order valence-corrected chi connectivity index (χ2v) is 6.61. The first kappa shape index (κ1) is 18.4. The zero-order valence-electron chi connectivity index (χ0n) is 16.1. The minimum Gasteiger partial charge on any atom is -0.508 e. The van der Waals surface area contributed by atoms with E-state index in [1.807, 2.05) is 44.2 Å². The fraction of sp³-hybridized carbons (Fsp3) is 0.0870. The van der Waals surface area contributed by atoms with E-state index in [0.29, 0.717) is 23.0 Å². The quantitative estimate of drug-likeness (QED) is 0.480. The molecule has 0 saturated carbocycles. The number of anilines is 2. The summed E-state index contributed by atoms with van der Waals surface area (Å²) >= 11 is 0. The van der Waals surface area contributed by atoms with E-state index in [-0.39, 0.29) is 5.75 Å². The Bertz CT molecular complexity index is 1150. The largest absolute Gasteiger partial charge is 0.508 e. The summed E-state index contributed by atoms with van der Waals surface area (Å²) in [6.45, 7) is 3.97. The van der Waals surface area contributed by atoms with Gasteiger partial charge in [-0.3, -0.25) is 4.98 Å². The molecule has 0 aliphatic heterocycles. The van der Waals surface area contributed by atoms with Gasteiger partial charge in [0.25, 0.3) is 0 Å². The van der Waals surface area contributed by atoms with E-state index < -0.39 is 0 Å². The Hall–Kier alpha value is -3.93. The number of phenolic OH excluding ortho intramolecular Hbond substituents is 1. The third-order valence-electron chi connectivity index (χ3n) is 4.42. The van der Waals surface area contributed by atoms with Crippen LogP contribution in [-0.2, 0) is 0 Å². The number of phenols is 1. The molecule has 3 heterocycles. The van der Waals surface area contributed by atoms with Crippen LogP contribution in [-0.4, -0.2) is 20.1 Å². The first-order valence-corrected chi connectivity index (χ1v) is 9.18. The summed E-state index contributed by atoms with van der Waals surface area (Å²) in [5.41, 5.74) is 4.13. The second kappa shape index (κ2) is 7.98. The van der Waals surface area contributed by atoms with Crippen LogP contribution in [0.2, 0.25) is 0 Å². The van der Waals surface area contributed by atoms with Gasteiger partial charge in [-0.15, -0.1) is 0 Å². The third-order valence-corrected chi connectivity index (χ3v) is 4.42. The number of pyridine rings is 3. The molecule has 4 rings (SSSR count). The fourth-order valence-electron chi connectivity index (χ4n) is 2.85. The zero-order chi connectivity index (χ0) is 20.2. The van der Waals surface area contributed by atoms with E-state index >= 15 is 0 Å². The SMILES string of the molecule is Cc1cc(Oc2ccnc(Nc3cccc(O)c3)c2)c(-c2ccccn2)nc1C. The van der Waals surface area contributed by atoms with Crippen molar-refractivity contribution >= 4 is 11.5 Å². The Kier molecular flexibility index (Phi) is 5.07. The summed E-state index contributed by atoms with van der Waals surface area (Å²) in [7, 11) is 0. The van der Waals surface area contributed by atoms with Crippen LogP contribution >= 0.6 is 0 Å². The molecule has 3 aromatic heterocycles. The van der Waals surface area contributed by atoms with E-state index in [4.69, 9.17) is 9.72 Å². The Morgan fingerprint density at radius 3 is 2.59 bits per heavy atom. The molecule has 0 spiro atoms. The monoisotopic (exact) mass is 384 g/mol. The van der Waals surface area contributed by atoms with Crippen LogP contribution in [0.5, 0.6) is 17.2 Å². The van der Waals surface area contributed by atoms with Crippen LogP contribution in [0, 0.1) is 13.8 Å². The number of nitrogens with zero attached hydrogens (tertiary/aromatic N) is 3. The molecule has 0 saturated heterocycles. The lowest BCUT2D eigenvalue weighted by molar-refractivity contribution is 0.475. The molecule has 0 aliphatic rings. The van der Waals surface area contributed by atoms with Gasteiger partial charge >= 0.3 is 0 Å². The van der Waals surface area contributed by atoms with Crippen molar-refractivity contribution in [2.75, 3.05) is 5.32 Å². The van der Waals surface area contributed by atoms with Gasteiger partial charge in [0, 0.05) is 35.9 Å². The van der Waals surface area contributed by atoms with Gasteiger partial charge in [-0.2, -0.15) is 0 Å². The van der Waals surface area contributed by atoms with E-state index in [1.54, 1.807) is 42.7 Å². The standard InChI is InChI=1S/C23H20N4O2/c1-15-12-21(23(26-16(15)2)20-8-3-4-10-24-20)29-19-9-11-25-22(14-19)27-17-6-5-7-18(28)13-17/h3-14,28H,1-2H3,(H,25,27). The van der Waals surface area contributed by atoms with E-state index in [1.165, 1.54) is 0 Å². The molecular formula is C23H20N4O2. The lowest BCUT2D eigenvalue weighted by Crippen LogP contribution is -1.98. The lowest BCUT2D eigenvalue weighted by Gasteiger charge is -2.13. The van der Waals surface area contributed by atoms with Crippen molar-refractivity contribution in [3.63, 3.8) is 0 Å². The van der Waals surface area contributed by atoms with Crippen LogP contribution < -0.4 is 10.1 Å².